The largest absolute Gasteiger partial charge is 0.493 e. The SMILES string of the molecule is Cc1nc(Cc2ccc(F)cc2)sc1C(=O)N1CCC(COc2ccccc2)CC1. The first-order chi connectivity index (χ1) is 14.6. The van der Waals surface area contributed by atoms with Crippen molar-refractivity contribution < 1.29 is 13.9 Å². The van der Waals surface area contributed by atoms with E-state index in [2.05, 4.69) is 4.98 Å². The van der Waals surface area contributed by atoms with Crippen LogP contribution in [0, 0.1) is 18.7 Å². The number of rotatable bonds is 6. The highest BCUT2D eigenvalue weighted by molar-refractivity contribution is 7.13. The molecule has 0 saturated carbocycles. The van der Waals surface area contributed by atoms with Gasteiger partial charge in [-0.25, -0.2) is 9.37 Å². The number of carbonyl (C=O) groups excluding carboxylic acids is 1. The minimum atomic E-state index is -0.248. The summed E-state index contributed by atoms with van der Waals surface area (Å²) in [6, 6.07) is 16.3. The Labute approximate surface area is 180 Å². The van der Waals surface area contributed by atoms with Gasteiger partial charge in [-0.1, -0.05) is 30.3 Å². The summed E-state index contributed by atoms with van der Waals surface area (Å²) in [5, 5.41) is 0.883. The summed E-state index contributed by atoms with van der Waals surface area (Å²) in [6.45, 7) is 4.06. The van der Waals surface area contributed by atoms with Crippen LogP contribution in [0.2, 0.25) is 0 Å². The van der Waals surface area contributed by atoms with E-state index in [1.165, 1.54) is 23.5 Å². The first-order valence-corrected chi connectivity index (χ1v) is 11.1. The molecule has 3 aromatic rings. The molecule has 1 aliphatic heterocycles. The smallest absolute Gasteiger partial charge is 0.265 e. The second-order valence-electron chi connectivity index (χ2n) is 7.69. The van der Waals surface area contributed by atoms with E-state index in [9.17, 15) is 9.18 Å². The minimum Gasteiger partial charge on any atom is -0.493 e. The molecule has 1 aromatic heterocycles. The molecular weight excluding hydrogens is 399 g/mol. The Morgan fingerprint density at radius 3 is 2.53 bits per heavy atom. The Morgan fingerprint density at radius 2 is 1.83 bits per heavy atom. The van der Waals surface area contributed by atoms with Crippen LogP contribution >= 0.6 is 11.3 Å². The summed E-state index contributed by atoms with van der Waals surface area (Å²) in [7, 11) is 0. The molecule has 0 radical (unpaired) electrons. The molecule has 6 heteroatoms. The first-order valence-electron chi connectivity index (χ1n) is 10.3. The van der Waals surface area contributed by atoms with Crippen LogP contribution in [-0.4, -0.2) is 35.5 Å². The van der Waals surface area contributed by atoms with Crippen molar-refractivity contribution in [2.45, 2.75) is 26.2 Å². The van der Waals surface area contributed by atoms with Crippen LogP contribution in [0.4, 0.5) is 4.39 Å². The number of aromatic nitrogens is 1. The monoisotopic (exact) mass is 424 g/mol. The summed E-state index contributed by atoms with van der Waals surface area (Å²) in [4.78, 5) is 20.3. The number of benzene rings is 2. The van der Waals surface area contributed by atoms with E-state index in [4.69, 9.17) is 4.74 Å². The summed E-state index contributed by atoms with van der Waals surface area (Å²) < 4.78 is 19.0. The number of hydrogen-bond acceptors (Lipinski definition) is 4. The van der Waals surface area contributed by atoms with E-state index < -0.39 is 0 Å². The lowest BCUT2D eigenvalue weighted by atomic mass is 9.97. The van der Waals surface area contributed by atoms with Crippen LogP contribution in [0.15, 0.2) is 54.6 Å². The van der Waals surface area contributed by atoms with Crippen LogP contribution in [0.3, 0.4) is 0 Å². The van der Waals surface area contributed by atoms with Crippen molar-refractivity contribution in [2.75, 3.05) is 19.7 Å². The molecular formula is C24H25FN2O2S. The highest BCUT2D eigenvalue weighted by Gasteiger charge is 2.26. The van der Waals surface area contributed by atoms with Gasteiger partial charge in [0.1, 0.15) is 16.4 Å². The lowest BCUT2D eigenvalue weighted by Gasteiger charge is -2.31. The molecule has 4 rings (SSSR count). The highest BCUT2D eigenvalue weighted by Crippen LogP contribution is 2.26. The Morgan fingerprint density at radius 1 is 1.13 bits per heavy atom. The maximum absolute atomic E-state index is 13.1. The number of thiazole rings is 1. The fraction of sp³-hybridized carbons (Fsp3) is 0.333. The van der Waals surface area contributed by atoms with Crippen LogP contribution in [0.1, 0.15) is 38.8 Å². The van der Waals surface area contributed by atoms with Crippen molar-refractivity contribution >= 4 is 17.2 Å². The number of piperidine rings is 1. The topological polar surface area (TPSA) is 42.4 Å². The molecule has 4 nitrogen and oxygen atoms in total. The highest BCUT2D eigenvalue weighted by atomic mass is 32.1. The molecule has 0 unspecified atom stereocenters. The van der Waals surface area contributed by atoms with Crippen LogP contribution in [0.5, 0.6) is 5.75 Å². The average molecular weight is 425 g/mol. The van der Waals surface area contributed by atoms with Crippen molar-refractivity contribution in [2.24, 2.45) is 5.92 Å². The minimum absolute atomic E-state index is 0.0674. The third kappa shape index (κ3) is 5.05. The fourth-order valence-corrected chi connectivity index (χ4v) is 4.75. The van der Waals surface area contributed by atoms with Gasteiger partial charge in [-0.2, -0.15) is 0 Å². The maximum Gasteiger partial charge on any atom is 0.265 e. The zero-order chi connectivity index (χ0) is 20.9. The van der Waals surface area contributed by atoms with E-state index in [-0.39, 0.29) is 11.7 Å². The van der Waals surface area contributed by atoms with E-state index in [1.807, 2.05) is 42.2 Å². The summed E-state index contributed by atoms with van der Waals surface area (Å²) in [6.07, 6.45) is 2.50. The molecule has 0 spiro atoms. The second-order valence-corrected chi connectivity index (χ2v) is 8.77. The predicted octanol–water partition coefficient (Wildman–Crippen LogP) is 5.11. The number of likely N-dealkylation sites (tertiary alicyclic amines) is 1. The third-order valence-corrected chi connectivity index (χ3v) is 6.58. The summed E-state index contributed by atoms with van der Waals surface area (Å²) in [5.74, 6) is 1.18. The molecule has 1 fully saturated rings. The predicted molar refractivity (Wildman–Crippen MR) is 117 cm³/mol. The number of nitrogens with zero attached hydrogens (tertiary/aromatic N) is 2. The molecule has 1 amide bonds. The van der Waals surface area contributed by atoms with Gasteiger partial charge in [0, 0.05) is 19.5 Å². The van der Waals surface area contributed by atoms with Gasteiger partial charge in [-0.3, -0.25) is 4.79 Å². The molecule has 1 aliphatic rings. The van der Waals surface area contributed by atoms with Crippen molar-refractivity contribution in [1.82, 2.24) is 9.88 Å². The van der Waals surface area contributed by atoms with Gasteiger partial charge in [0.2, 0.25) is 0 Å². The maximum atomic E-state index is 13.1. The zero-order valence-corrected chi connectivity index (χ0v) is 17.8. The number of hydrogen-bond donors (Lipinski definition) is 0. The molecule has 0 bridgehead atoms. The lowest BCUT2D eigenvalue weighted by Crippen LogP contribution is -2.39. The zero-order valence-electron chi connectivity index (χ0n) is 17.0. The molecule has 156 valence electrons. The van der Waals surface area contributed by atoms with Crippen molar-refractivity contribution in [1.29, 1.82) is 0 Å². The number of halogens is 1. The summed E-state index contributed by atoms with van der Waals surface area (Å²) in [5.41, 5.74) is 1.76. The van der Waals surface area contributed by atoms with Gasteiger partial charge in [-0.15, -0.1) is 11.3 Å². The Balaban J connectivity index is 1.31. The van der Waals surface area contributed by atoms with Gasteiger partial charge in [-0.05, 0) is 55.5 Å². The molecule has 0 atom stereocenters. The van der Waals surface area contributed by atoms with Crippen LogP contribution in [-0.2, 0) is 6.42 Å². The molecule has 2 aromatic carbocycles. The normalized spacial score (nSPS) is 14.7. The molecule has 1 saturated heterocycles. The second kappa shape index (κ2) is 9.39. The average Bonchev–Trinajstić information content (AvgIpc) is 3.14. The van der Waals surface area contributed by atoms with Crippen molar-refractivity contribution in [3.05, 3.63) is 81.6 Å². The van der Waals surface area contributed by atoms with E-state index in [0.29, 0.717) is 23.8 Å². The Kier molecular flexibility index (Phi) is 6.43. The van der Waals surface area contributed by atoms with E-state index >= 15 is 0 Å². The number of ether oxygens (including phenoxy) is 1. The van der Waals surface area contributed by atoms with Gasteiger partial charge >= 0.3 is 0 Å². The molecule has 0 N–H and O–H groups in total. The van der Waals surface area contributed by atoms with Crippen molar-refractivity contribution in [3.63, 3.8) is 0 Å². The summed E-state index contributed by atoms with van der Waals surface area (Å²) >= 11 is 1.45. The van der Waals surface area contributed by atoms with Crippen molar-refractivity contribution in [3.8, 4) is 5.75 Å². The Bertz CT molecular complexity index is 980. The van der Waals surface area contributed by atoms with Gasteiger partial charge < -0.3 is 9.64 Å². The lowest BCUT2D eigenvalue weighted by molar-refractivity contribution is 0.0665. The molecule has 2 heterocycles. The fourth-order valence-electron chi connectivity index (χ4n) is 3.68. The molecule has 30 heavy (non-hydrogen) atoms. The standard InChI is InChI=1S/C24H25FN2O2S/c1-17-23(30-22(26-17)15-18-7-9-20(25)10-8-18)24(28)27-13-11-19(12-14-27)16-29-21-5-3-2-4-6-21/h2-10,19H,11-16H2,1H3. The van der Waals surface area contributed by atoms with E-state index in [1.54, 1.807) is 12.1 Å². The Hall–Kier alpha value is -2.73. The number of amides is 1. The molecule has 0 aliphatic carbocycles. The number of para-hydroxylation sites is 1. The number of aryl methyl sites for hydroxylation is 1. The van der Waals surface area contributed by atoms with Gasteiger partial charge in [0.25, 0.3) is 5.91 Å². The quantitative estimate of drug-likeness (QED) is 0.552. The third-order valence-electron chi connectivity index (χ3n) is 5.43. The number of carbonyl (C=O) groups is 1. The first kappa shape index (κ1) is 20.5. The van der Waals surface area contributed by atoms with Crippen LogP contribution < -0.4 is 4.74 Å². The van der Waals surface area contributed by atoms with Crippen LogP contribution in [0.25, 0.3) is 0 Å². The van der Waals surface area contributed by atoms with Gasteiger partial charge in [0.15, 0.2) is 0 Å². The van der Waals surface area contributed by atoms with E-state index in [0.717, 1.165) is 47.9 Å². The van der Waals surface area contributed by atoms with Gasteiger partial charge in [0.05, 0.1) is 17.3 Å².